The predicted octanol–water partition coefficient (Wildman–Crippen LogP) is 2.84. The summed E-state index contributed by atoms with van der Waals surface area (Å²) in [5.41, 5.74) is 7.66. The molecular weight excluding hydrogens is 262 g/mol. The highest BCUT2D eigenvalue weighted by Gasteiger charge is 2.11. The Morgan fingerprint density at radius 3 is 2.62 bits per heavy atom. The number of hydrogen-bond acceptors (Lipinski definition) is 3. The maximum Gasteiger partial charge on any atom is 0.224 e. The maximum atomic E-state index is 12.1. The summed E-state index contributed by atoms with van der Waals surface area (Å²) in [4.78, 5) is 14.2. The molecule has 4 nitrogen and oxygen atoms in total. The molecule has 0 saturated heterocycles. The van der Waals surface area contributed by atoms with Crippen molar-refractivity contribution in [3.63, 3.8) is 0 Å². The third-order valence-corrected chi connectivity index (χ3v) is 3.71. The molecule has 0 aliphatic heterocycles. The molecule has 0 aromatic heterocycles. The molecule has 0 radical (unpaired) electrons. The fourth-order valence-electron chi connectivity index (χ4n) is 2.46. The molecular formula is C17H29N3O. The van der Waals surface area contributed by atoms with Crippen molar-refractivity contribution in [3.8, 4) is 0 Å². The number of para-hydroxylation sites is 1. The predicted molar refractivity (Wildman–Crippen MR) is 89.1 cm³/mol. The molecule has 1 aromatic rings. The van der Waals surface area contributed by atoms with Crippen LogP contribution in [0.5, 0.6) is 0 Å². The van der Waals surface area contributed by atoms with Crippen LogP contribution in [0.25, 0.3) is 0 Å². The van der Waals surface area contributed by atoms with Gasteiger partial charge in [-0.15, -0.1) is 0 Å². The first kappa shape index (κ1) is 17.7. The minimum atomic E-state index is 0.0941. The molecule has 1 unspecified atom stereocenters. The topological polar surface area (TPSA) is 58.4 Å². The van der Waals surface area contributed by atoms with Crippen molar-refractivity contribution in [1.82, 2.24) is 4.90 Å². The molecule has 1 rings (SSSR count). The van der Waals surface area contributed by atoms with Gasteiger partial charge in [0.1, 0.15) is 0 Å². The van der Waals surface area contributed by atoms with Crippen LogP contribution in [0, 0.1) is 5.92 Å². The lowest BCUT2D eigenvalue weighted by Gasteiger charge is -2.16. The van der Waals surface area contributed by atoms with Crippen LogP contribution in [0.3, 0.4) is 0 Å². The zero-order chi connectivity index (χ0) is 15.7. The van der Waals surface area contributed by atoms with E-state index in [0.717, 1.165) is 37.1 Å². The number of nitrogens with one attached hydrogen (secondary N) is 1. The van der Waals surface area contributed by atoms with Gasteiger partial charge in [0.05, 0.1) is 0 Å². The Kier molecular flexibility index (Phi) is 8.01. The van der Waals surface area contributed by atoms with Gasteiger partial charge < -0.3 is 16.0 Å². The molecule has 21 heavy (non-hydrogen) atoms. The highest BCUT2D eigenvalue weighted by atomic mass is 16.1. The highest BCUT2D eigenvalue weighted by molar-refractivity contribution is 5.91. The van der Waals surface area contributed by atoms with Gasteiger partial charge in [0.25, 0.3) is 0 Å². The van der Waals surface area contributed by atoms with Gasteiger partial charge in [-0.2, -0.15) is 0 Å². The van der Waals surface area contributed by atoms with Crippen LogP contribution in [0.4, 0.5) is 5.69 Å². The van der Waals surface area contributed by atoms with E-state index < -0.39 is 0 Å². The Balaban J connectivity index is 2.54. The number of rotatable bonds is 9. The van der Waals surface area contributed by atoms with E-state index in [2.05, 4.69) is 23.2 Å². The van der Waals surface area contributed by atoms with E-state index in [1.807, 2.05) is 32.3 Å². The van der Waals surface area contributed by atoms with Gasteiger partial charge in [-0.05, 0) is 51.0 Å². The van der Waals surface area contributed by atoms with Crippen LogP contribution >= 0.6 is 0 Å². The lowest BCUT2D eigenvalue weighted by Crippen LogP contribution is -2.17. The van der Waals surface area contributed by atoms with E-state index in [4.69, 9.17) is 5.73 Å². The first-order valence-electron chi connectivity index (χ1n) is 7.79. The Morgan fingerprint density at radius 1 is 1.29 bits per heavy atom. The number of carbonyl (C=O) groups is 1. The number of benzene rings is 1. The maximum absolute atomic E-state index is 12.1. The molecule has 0 heterocycles. The molecule has 1 amide bonds. The fourth-order valence-corrected chi connectivity index (χ4v) is 2.46. The summed E-state index contributed by atoms with van der Waals surface area (Å²) >= 11 is 0. The van der Waals surface area contributed by atoms with Crippen LogP contribution in [0.1, 0.15) is 38.2 Å². The zero-order valence-corrected chi connectivity index (χ0v) is 13.6. The third-order valence-electron chi connectivity index (χ3n) is 3.71. The quantitative estimate of drug-likeness (QED) is 0.735. The van der Waals surface area contributed by atoms with Crippen molar-refractivity contribution < 1.29 is 4.79 Å². The van der Waals surface area contributed by atoms with Crippen LogP contribution in [0.2, 0.25) is 0 Å². The summed E-state index contributed by atoms with van der Waals surface area (Å²) in [5.74, 6) is 0.648. The Hall–Kier alpha value is -1.39. The Bertz CT molecular complexity index is 432. The summed E-state index contributed by atoms with van der Waals surface area (Å²) in [6.45, 7) is 3.68. The van der Waals surface area contributed by atoms with Gasteiger partial charge in [0.15, 0.2) is 0 Å². The molecule has 0 fully saturated rings. The summed E-state index contributed by atoms with van der Waals surface area (Å²) in [6.07, 6.45) is 3.56. The highest BCUT2D eigenvalue weighted by Crippen LogP contribution is 2.18. The van der Waals surface area contributed by atoms with E-state index in [0.29, 0.717) is 18.9 Å². The van der Waals surface area contributed by atoms with Gasteiger partial charge in [-0.3, -0.25) is 4.79 Å². The molecule has 0 saturated carbocycles. The van der Waals surface area contributed by atoms with Crippen molar-refractivity contribution >= 4 is 11.6 Å². The zero-order valence-electron chi connectivity index (χ0n) is 13.6. The second-order valence-electron chi connectivity index (χ2n) is 5.83. The molecule has 0 bridgehead atoms. The molecule has 4 heteroatoms. The van der Waals surface area contributed by atoms with E-state index in [1.54, 1.807) is 0 Å². The average Bonchev–Trinajstić information content (AvgIpc) is 2.45. The fraction of sp³-hybridized carbons (Fsp3) is 0.588. The normalized spacial score (nSPS) is 12.4. The molecule has 3 N–H and O–H groups in total. The van der Waals surface area contributed by atoms with E-state index in [-0.39, 0.29) is 5.91 Å². The van der Waals surface area contributed by atoms with E-state index in [9.17, 15) is 4.79 Å². The molecule has 1 atom stereocenters. The number of anilines is 1. The first-order valence-corrected chi connectivity index (χ1v) is 7.79. The van der Waals surface area contributed by atoms with Crippen LogP contribution < -0.4 is 11.1 Å². The van der Waals surface area contributed by atoms with Crippen LogP contribution in [0.15, 0.2) is 24.3 Å². The third kappa shape index (κ3) is 6.74. The monoisotopic (exact) mass is 291 g/mol. The van der Waals surface area contributed by atoms with Gasteiger partial charge >= 0.3 is 0 Å². The molecule has 118 valence electrons. The number of carbonyl (C=O) groups excluding carboxylic acids is 1. The minimum Gasteiger partial charge on any atom is -0.330 e. The SMILES string of the molecule is CCC(CCN)CCC(=O)Nc1ccccc1CN(C)C. The van der Waals surface area contributed by atoms with Crippen molar-refractivity contribution in [2.24, 2.45) is 11.7 Å². The van der Waals surface area contributed by atoms with Crippen molar-refractivity contribution in [1.29, 1.82) is 0 Å². The first-order chi connectivity index (χ1) is 10.1. The van der Waals surface area contributed by atoms with Crippen LogP contribution in [-0.2, 0) is 11.3 Å². The largest absolute Gasteiger partial charge is 0.330 e. The summed E-state index contributed by atoms with van der Waals surface area (Å²) in [7, 11) is 4.05. The molecule has 0 aliphatic rings. The summed E-state index contributed by atoms with van der Waals surface area (Å²) in [6, 6.07) is 7.98. The Labute approximate surface area is 128 Å². The Morgan fingerprint density at radius 2 is 2.00 bits per heavy atom. The van der Waals surface area contributed by atoms with Gasteiger partial charge in [0, 0.05) is 18.7 Å². The molecule has 0 spiro atoms. The lowest BCUT2D eigenvalue weighted by atomic mass is 9.96. The second-order valence-corrected chi connectivity index (χ2v) is 5.83. The molecule has 1 aromatic carbocycles. The van der Waals surface area contributed by atoms with Crippen molar-refractivity contribution in [2.75, 3.05) is 26.0 Å². The van der Waals surface area contributed by atoms with Crippen LogP contribution in [-0.4, -0.2) is 31.4 Å². The van der Waals surface area contributed by atoms with E-state index in [1.165, 1.54) is 0 Å². The summed E-state index contributed by atoms with van der Waals surface area (Å²) < 4.78 is 0. The lowest BCUT2D eigenvalue weighted by molar-refractivity contribution is -0.116. The number of amides is 1. The number of hydrogen-bond donors (Lipinski definition) is 2. The van der Waals surface area contributed by atoms with Gasteiger partial charge in [-0.1, -0.05) is 31.5 Å². The summed E-state index contributed by atoms with van der Waals surface area (Å²) in [5, 5.41) is 3.04. The minimum absolute atomic E-state index is 0.0941. The van der Waals surface area contributed by atoms with Crippen molar-refractivity contribution in [3.05, 3.63) is 29.8 Å². The van der Waals surface area contributed by atoms with E-state index >= 15 is 0 Å². The van der Waals surface area contributed by atoms with Gasteiger partial charge in [0.2, 0.25) is 5.91 Å². The van der Waals surface area contributed by atoms with Gasteiger partial charge in [-0.25, -0.2) is 0 Å². The number of nitrogens with zero attached hydrogens (tertiary/aromatic N) is 1. The second kappa shape index (κ2) is 9.53. The number of nitrogens with two attached hydrogens (primary N) is 1. The standard InChI is InChI=1S/C17H29N3O/c1-4-14(11-12-18)9-10-17(21)19-16-8-6-5-7-15(16)13-20(2)3/h5-8,14H,4,9-13,18H2,1-3H3,(H,19,21). The molecule has 0 aliphatic carbocycles. The van der Waals surface area contributed by atoms with Crippen molar-refractivity contribution in [2.45, 2.75) is 39.2 Å². The smallest absolute Gasteiger partial charge is 0.224 e. The average molecular weight is 291 g/mol.